The van der Waals surface area contributed by atoms with Gasteiger partial charge in [0.05, 0.1) is 11.1 Å². The molecule has 0 saturated carbocycles. The summed E-state index contributed by atoms with van der Waals surface area (Å²) in [6, 6.07) is 6.86. The minimum atomic E-state index is -0.220. The second-order valence-corrected chi connectivity index (χ2v) is 4.32. The van der Waals surface area contributed by atoms with Crippen molar-refractivity contribution in [3.8, 4) is 0 Å². The summed E-state index contributed by atoms with van der Waals surface area (Å²) >= 11 is 0. The Morgan fingerprint density at radius 3 is 2.10 bits per heavy atom. The van der Waals surface area contributed by atoms with Gasteiger partial charge in [-0.2, -0.15) is 0 Å². The smallest absolute Gasteiger partial charge is 0.261 e. The van der Waals surface area contributed by atoms with Crippen LogP contribution in [0.4, 0.5) is 0 Å². The van der Waals surface area contributed by atoms with Gasteiger partial charge in [-0.25, -0.2) is 0 Å². The van der Waals surface area contributed by atoms with Crippen LogP contribution >= 0.6 is 24.0 Å². The van der Waals surface area contributed by atoms with E-state index in [0.717, 1.165) is 6.42 Å². The number of fused-ring (bicyclic) bond motifs is 1. The molecule has 0 bridgehead atoms. The first-order valence-electron chi connectivity index (χ1n) is 6.12. The maximum absolute atomic E-state index is 12.0. The Bertz CT molecular complexity index is 506. The van der Waals surface area contributed by atoms with Crippen LogP contribution in [0, 0.1) is 0 Å². The van der Waals surface area contributed by atoms with Gasteiger partial charge in [0.2, 0.25) is 0 Å². The number of imide groups is 1. The zero-order valence-corrected chi connectivity index (χ0v) is 13.2. The molecule has 1 aliphatic heterocycles. The fourth-order valence-electron chi connectivity index (χ4n) is 2.03. The third kappa shape index (κ3) is 3.47. The molecule has 2 rings (SSSR count). The van der Waals surface area contributed by atoms with E-state index >= 15 is 0 Å². The van der Waals surface area contributed by atoms with E-state index in [1.807, 2.05) is 0 Å². The Morgan fingerprint density at radius 2 is 1.60 bits per heavy atom. The highest BCUT2D eigenvalue weighted by atomic mass is 127. The summed E-state index contributed by atoms with van der Waals surface area (Å²) in [6.07, 6.45) is 1.41. The number of guanidine groups is 1. The molecule has 2 amide bonds. The number of nitrogens with zero attached hydrogens (tertiary/aromatic N) is 2. The molecule has 0 saturated heterocycles. The van der Waals surface area contributed by atoms with E-state index in [4.69, 9.17) is 11.5 Å². The number of benzene rings is 1. The van der Waals surface area contributed by atoms with Crippen LogP contribution in [0.25, 0.3) is 0 Å². The normalized spacial score (nSPS) is 12.9. The number of hydrogen-bond acceptors (Lipinski definition) is 3. The molecule has 7 heteroatoms. The molecular formula is C13H17IN4O2. The van der Waals surface area contributed by atoms with E-state index < -0.39 is 0 Å². The second-order valence-electron chi connectivity index (χ2n) is 4.32. The average Bonchev–Trinajstić information content (AvgIpc) is 2.63. The molecule has 0 atom stereocenters. The van der Waals surface area contributed by atoms with Crippen molar-refractivity contribution in [1.82, 2.24) is 4.90 Å². The van der Waals surface area contributed by atoms with Crippen molar-refractivity contribution in [1.29, 1.82) is 0 Å². The van der Waals surface area contributed by atoms with Crippen LogP contribution in [0.3, 0.4) is 0 Å². The third-order valence-corrected chi connectivity index (χ3v) is 2.96. The quantitative estimate of drug-likeness (QED) is 0.258. The summed E-state index contributed by atoms with van der Waals surface area (Å²) in [7, 11) is 0. The van der Waals surface area contributed by atoms with E-state index in [-0.39, 0.29) is 41.8 Å². The van der Waals surface area contributed by atoms with Gasteiger partial charge in [0.1, 0.15) is 0 Å². The molecule has 1 aromatic carbocycles. The molecular weight excluding hydrogens is 371 g/mol. The maximum Gasteiger partial charge on any atom is 0.261 e. The van der Waals surface area contributed by atoms with Gasteiger partial charge in [-0.15, -0.1) is 24.0 Å². The number of aliphatic imine (C=N–C) groups is 1. The number of amides is 2. The first-order valence-corrected chi connectivity index (χ1v) is 6.12. The van der Waals surface area contributed by atoms with Crippen molar-refractivity contribution < 1.29 is 9.59 Å². The standard InChI is InChI=1S/C13H16N4O2.HI/c14-13(15)16-7-3-4-8-17-11(18)9-5-1-2-6-10(9)12(17)19;/h1-2,5-6H,3-4,7-8H2,(H4,14,15,16);1H. The van der Waals surface area contributed by atoms with Crippen molar-refractivity contribution in [3.63, 3.8) is 0 Å². The summed E-state index contributed by atoms with van der Waals surface area (Å²) in [6.45, 7) is 0.901. The maximum atomic E-state index is 12.0. The Hall–Kier alpha value is -1.64. The van der Waals surface area contributed by atoms with Crippen molar-refractivity contribution in [2.24, 2.45) is 16.5 Å². The molecule has 4 N–H and O–H groups in total. The molecule has 108 valence electrons. The van der Waals surface area contributed by atoms with Crippen LogP contribution < -0.4 is 11.5 Å². The Labute approximate surface area is 134 Å². The van der Waals surface area contributed by atoms with Gasteiger partial charge in [-0.05, 0) is 25.0 Å². The SMILES string of the molecule is I.NC(N)=NCCCCN1C(=O)c2ccccc2C1=O. The highest BCUT2D eigenvalue weighted by molar-refractivity contribution is 14.0. The Morgan fingerprint density at radius 1 is 1.05 bits per heavy atom. The molecule has 0 unspecified atom stereocenters. The molecule has 1 heterocycles. The first-order chi connectivity index (χ1) is 9.11. The van der Waals surface area contributed by atoms with Gasteiger partial charge in [0, 0.05) is 13.1 Å². The fraction of sp³-hybridized carbons (Fsp3) is 0.308. The Kier molecular flexibility index (Phi) is 5.93. The predicted molar refractivity (Wildman–Crippen MR) is 87.1 cm³/mol. The highest BCUT2D eigenvalue weighted by Gasteiger charge is 2.34. The van der Waals surface area contributed by atoms with Gasteiger partial charge in [-0.3, -0.25) is 19.5 Å². The summed E-state index contributed by atoms with van der Waals surface area (Å²) in [5.74, 6) is -0.384. The fourth-order valence-corrected chi connectivity index (χ4v) is 2.03. The van der Waals surface area contributed by atoms with Crippen molar-refractivity contribution in [2.75, 3.05) is 13.1 Å². The lowest BCUT2D eigenvalue weighted by Crippen LogP contribution is -2.30. The lowest BCUT2D eigenvalue weighted by molar-refractivity contribution is 0.0652. The molecule has 0 aliphatic carbocycles. The van der Waals surface area contributed by atoms with Crippen molar-refractivity contribution in [3.05, 3.63) is 35.4 Å². The van der Waals surface area contributed by atoms with Crippen LogP contribution in [-0.4, -0.2) is 35.8 Å². The van der Waals surface area contributed by atoms with Crippen LogP contribution in [0.1, 0.15) is 33.6 Å². The van der Waals surface area contributed by atoms with E-state index in [9.17, 15) is 9.59 Å². The molecule has 0 fully saturated rings. The summed E-state index contributed by atoms with van der Waals surface area (Å²) < 4.78 is 0. The van der Waals surface area contributed by atoms with Gasteiger partial charge < -0.3 is 11.5 Å². The lowest BCUT2D eigenvalue weighted by atomic mass is 10.1. The van der Waals surface area contributed by atoms with Crippen molar-refractivity contribution >= 4 is 41.8 Å². The predicted octanol–water partition coefficient (Wildman–Crippen LogP) is 0.954. The van der Waals surface area contributed by atoms with Gasteiger partial charge >= 0.3 is 0 Å². The molecule has 0 aromatic heterocycles. The number of hydrogen-bond donors (Lipinski definition) is 2. The number of carbonyl (C=O) groups excluding carboxylic acids is 2. The van der Waals surface area contributed by atoms with Crippen LogP contribution in [0.15, 0.2) is 29.3 Å². The monoisotopic (exact) mass is 388 g/mol. The molecule has 6 nitrogen and oxygen atoms in total. The number of carbonyl (C=O) groups is 2. The molecule has 20 heavy (non-hydrogen) atoms. The van der Waals surface area contributed by atoms with Crippen molar-refractivity contribution in [2.45, 2.75) is 12.8 Å². The summed E-state index contributed by atoms with van der Waals surface area (Å²) in [4.78, 5) is 29.2. The number of nitrogens with two attached hydrogens (primary N) is 2. The second kappa shape index (κ2) is 7.22. The number of unbranched alkanes of at least 4 members (excludes halogenated alkanes) is 1. The van der Waals surface area contributed by atoms with Crippen LogP contribution in [0.2, 0.25) is 0 Å². The van der Waals surface area contributed by atoms with E-state index in [1.54, 1.807) is 24.3 Å². The molecule has 0 spiro atoms. The first kappa shape index (κ1) is 16.4. The molecule has 0 radical (unpaired) electrons. The van der Waals surface area contributed by atoms with E-state index in [0.29, 0.717) is 30.6 Å². The lowest BCUT2D eigenvalue weighted by Gasteiger charge is -2.12. The summed E-state index contributed by atoms with van der Waals surface area (Å²) in [5, 5.41) is 0. The topological polar surface area (TPSA) is 102 Å². The third-order valence-electron chi connectivity index (χ3n) is 2.96. The zero-order chi connectivity index (χ0) is 13.8. The minimum Gasteiger partial charge on any atom is -0.370 e. The molecule has 1 aromatic rings. The van der Waals surface area contributed by atoms with Gasteiger partial charge in [0.25, 0.3) is 11.8 Å². The average molecular weight is 388 g/mol. The number of rotatable bonds is 5. The minimum absolute atomic E-state index is 0. The zero-order valence-electron chi connectivity index (χ0n) is 10.9. The highest BCUT2D eigenvalue weighted by Crippen LogP contribution is 2.22. The van der Waals surface area contributed by atoms with E-state index in [2.05, 4.69) is 4.99 Å². The van der Waals surface area contributed by atoms with Gasteiger partial charge in [-0.1, -0.05) is 12.1 Å². The van der Waals surface area contributed by atoms with Crippen LogP contribution in [-0.2, 0) is 0 Å². The van der Waals surface area contributed by atoms with E-state index in [1.165, 1.54) is 4.90 Å². The number of halogens is 1. The van der Waals surface area contributed by atoms with Gasteiger partial charge in [0.15, 0.2) is 5.96 Å². The Balaban J connectivity index is 0.00000200. The largest absolute Gasteiger partial charge is 0.370 e. The molecule has 1 aliphatic rings. The summed E-state index contributed by atoms with van der Waals surface area (Å²) in [5.41, 5.74) is 11.4. The van der Waals surface area contributed by atoms with Crippen LogP contribution in [0.5, 0.6) is 0 Å².